The summed E-state index contributed by atoms with van der Waals surface area (Å²) in [7, 11) is 0. The number of hydrazone groups is 1. The number of hydrogen-bond donors (Lipinski definition) is 1. The van der Waals surface area contributed by atoms with Gasteiger partial charge in [-0.1, -0.05) is 74.4 Å². The molecule has 1 amide bonds. The Morgan fingerprint density at radius 1 is 1.03 bits per heavy atom. The van der Waals surface area contributed by atoms with Crippen LogP contribution in [0.2, 0.25) is 0 Å². The topological polar surface area (TPSA) is 52.9 Å². The van der Waals surface area contributed by atoms with Crippen LogP contribution in [0.4, 0.5) is 13.2 Å². The van der Waals surface area contributed by atoms with Crippen molar-refractivity contribution in [2.24, 2.45) is 5.10 Å². The number of aliphatic hydroxyl groups is 1. The fourth-order valence-corrected chi connectivity index (χ4v) is 3.71. The molecule has 0 spiro atoms. The Hall–Kier alpha value is -2.67. The first kappa shape index (κ1) is 23.0. The number of aryl methyl sites for hydroxylation is 2. The minimum Gasteiger partial charge on any atom is -0.365 e. The Kier molecular flexibility index (Phi) is 7.15. The lowest BCUT2D eigenvalue weighted by Crippen LogP contribution is -2.43. The van der Waals surface area contributed by atoms with Crippen LogP contribution >= 0.6 is 0 Å². The third-order valence-corrected chi connectivity index (χ3v) is 5.50. The fourth-order valence-electron chi connectivity index (χ4n) is 3.71. The van der Waals surface area contributed by atoms with Gasteiger partial charge in [-0.2, -0.15) is 23.3 Å². The molecule has 3 rings (SSSR count). The Labute approximate surface area is 180 Å². The largest absolute Gasteiger partial charge is 0.431 e. The number of carbonyl (C=O) groups excluding carboxylic acids is 1. The summed E-state index contributed by atoms with van der Waals surface area (Å²) in [4.78, 5) is 12.8. The van der Waals surface area contributed by atoms with E-state index in [4.69, 9.17) is 0 Å². The maximum Gasteiger partial charge on any atom is 0.431 e. The molecule has 0 aromatic heterocycles. The summed E-state index contributed by atoms with van der Waals surface area (Å²) >= 11 is 0. The van der Waals surface area contributed by atoms with E-state index in [1.54, 1.807) is 24.3 Å². The molecule has 0 aliphatic carbocycles. The standard InChI is InChI=1S/C24H27F3N2O2/c1-2-3-5-8-19-11-14-20(15-12-19)23(31)17-21(24(25,26)27)28-29(23)22(30)16-13-18-9-6-4-7-10-18/h4,6-7,9-12,14-15,31H,2-3,5,8,13,16-17H2,1H3/t23-/m1/s1. The molecule has 31 heavy (non-hydrogen) atoms. The van der Waals surface area contributed by atoms with Gasteiger partial charge in [0.05, 0.1) is 6.42 Å². The van der Waals surface area contributed by atoms with Gasteiger partial charge in [0.1, 0.15) is 5.71 Å². The van der Waals surface area contributed by atoms with E-state index in [0.29, 0.717) is 11.4 Å². The average Bonchev–Trinajstić information content (AvgIpc) is 3.13. The molecule has 0 radical (unpaired) electrons. The zero-order valence-electron chi connectivity index (χ0n) is 17.5. The summed E-state index contributed by atoms with van der Waals surface area (Å²) in [6.07, 6.45) is -1.16. The third kappa shape index (κ3) is 5.53. The molecule has 0 unspecified atom stereocenters. The lowest BCUT2D eigenvalue weighted by atomic mass is 9.94. The van der Waals surface area contributed by atoms with Crippen molar-refractivity contribution in [3.05, 3.63) is 71.3 Å². The van der Waals surface area contributed by atoms with Crippen LogP contribution < -0.4 is 0 Å². The molecule has 0 saturated heterocycles. The van der Waals surface area contributed by atoms with Crippen LogP contribution in [0.3, 0.4) is 0 Å². The molecule has 0 saturated carbocycles. The highest BCUT2D eigenvalue weighted by Crippen LogP contribution is 2.40. The van der Waals surface area contributed by atoms with Gasteiger partial charge < -0.3 is 5.11 Å². The fraction of sp³-hybridized carbons (Fsp3) is 0.417. The second kappa shape index (κ2) is 9.64. The smallest absolute Gasteiger partial charge is 0.365 e. The normalized spacial score (nSPS) is 18.9. The summed E-state index contributed by atoms with van der Waals surface area (Å²) in [6.45, 7) is 2.11. The van der Waals surface area contributed by atoms with Crippen LogP contribution in [-0.2, 0) is 23.4 Å². The monoisotopic (exact) mass is 432 g/mol. The van der Waals surface area contributed by atoms with E-state index in [-0.39, 0.29) is 12.0 Å². The first-order valence-electron chi connectivity index (χ1n) is 10.6. The van der Waals surface area contributed by atoms with Gasteiger partial charge in [0.15, 0.2) is 5.72 Å². The van der Waals surface area contributed by atoms with Crippen molar-refractivity contribution >= 4 is 11.6 Å². The molecule has 7 heteroatoms. The number of halogens is 3. The first-order chi connectivity index (χ1) is 14.7. The molecule has 4 nitrogen and oxygen atoms in total. The Morgan fingerprint density at radius 3 is 2.29 bits per heavy atom. The van der Waals surface area contributed by atoms with Crippen molar-refractivity contribution in [2.45, 2.75) is 63.8 Å². The minimum atomic E-state index is -4.72. The van der Waals surface area contributed by atoms with Crippen molar-refractivity contribution in [3.63, 3.8) is 0 Å². The van der Waals surface area contributed by atoms with Gasteiger partial charge in [0.25, 0.3) is 0 Å². The van der Waals surface area contributed by atoms with E-state index in [1.807, 2.05) is 30.3 Å². The van der Waals surface area contributed by atoms with Gasteiger partial charge >= 0.3 is 6.18 Å². The molecule has 1 N–H and O–H groups in total. The maximum absolute atomic E-state index is 13.4. The molecule has 1 heterocycles. The number of unbranched alkanes of at least 4 members (excludes halogenated alkanes) is 2. The molecule has 0 bridgehead atoms. The molecule has 1 aliphatic rings. The van der Waals surface area contributed by atoms with Crippen LogP contribution in [-0.4, -0.2) is 27.9 Å². The Bertz CT molecular complexity index is 911. The average molecular weight is 432 g/mol. The Balaban J connectivity index is 1.81. The van der Waals surface area contributed by atoms with Crippen LogP contribution in [0.15, 0.2) is 59.7 Å². The van der Waals surface area contributed by atoms with Crippen molar-refractivity contribution in [1.82, 2.24) is 5.01 Å². The number of hydrogen-bond acceptors (Lipinski definition) is 3. The number of nitrogens with zero attached hydrogens (tertiary/aromatic N) is 2. The van der Waals surface area contributed by atoms with Gasteiger partial charge in [-0.25, -0.2) is 0 Å². The Morgan fingerprint density at radius 2 is 1.68 bits per heavy atom. The third-order valence-electron chi connectivity index (χ3n) is 5.50. The second-order valence-corrected chi connectivity index (χ2v) is 7.88. The highest BCUT2D eigenvalue weighted by atomic mass is 19.4. The quantitative estimate of drug-likeness (QED) is 0.572. The van der Waals surface area contributed by atoms with E-state index < -0.39 is 29.9 Å². The van der Waals surface area contributed by atoms with Crippen molar-refractivity contribution in [1.29, 1.82) is 0 Å². The number of rotatable bonds is 8. The van der Waals surface area contributed by atoms with Gasteiger partial charge in [-0.15, -0.1) is 0 Å². The van der Waals surface area contributed by atoms with Gasteiger partial charge in [-0.3, -0.25) is 4.79 Å². The summed E-state index contributed by atoms with van der Waals surface area (Å²) in [5, 5.41) is 15.3. The summed E-state index contributed by atoms with van der Waals surface area (Å²) in [5.41, 5.74) is -1.16. The van der Waals surface area contributed by atoms with Crippen molar-refractivity contribution in [2.75, 3.05) is 0 Å². The molecular weight excluding hydrogens is 405 g/mol. The zero-order valence-corrected chi connectivity index (χ0v) is 17.5. The second-order valence-electron chi connectivity index (χ2n) is 7.88. The van der Waals surface area contributed by atoms with Crippen LogP contribution in [0.5, 0.6) is 0 Å². The van der Waals surface area contributed by atoms with E-state index in [1.165, 1.54) is 0 Å². The van der Waals surface area contributed by atoms with E-state index in [9.17, 15) is 23.1 Å². The van der Waals surface area contributed by atoms with Gasteiger partial charge in [0, 0.05) is 12.0 Å². The predicted octanol–water partition coefficient (Wildman–Crippen LogP) is 5.35. The maximum atomic E-state index is 13.4. The summed E-state index contributed by atoms with van der Waals surface area (Å²) < 4.78 is 40.1. The lowest BCUT2D eigenvalue weighted by molar-refractivity contribution is -0.157. The predicted molar refractivity (Wildman–Crippen MR) is 113 cm³/mol. The van der Waals surface area contributed by atoms with E-state index >= 15 is 0 Å². The number of amides is 1. The van der Waals surface area contributed by atoms with Crippen LogP contribution in [0.1, 0.15) is 55.7 Å². The van der Waals surface area contributed by atoms with Crippen molar-refractivity contribution in [3.8, 4) is 0 Å². The zero-order chi connectivity index (χ0) is 22.5. The highest BCUT2D eigenvalue weighted by Gasteiger charge is 2.52. The lowest BCUT2D eigenvalue weighted by Gasteiger charge is -2.31. The molecule has 166 valence electrons. The van der Waals surface area contributed by atoms with E-state index in [0.717, 1.165) is 36.8 Å². The van der Waals surface area contributed by atoms with Gasteiger partial charge in [-0.05, 0) is 30.4 Å². The van der Waals surface area contributed by atoms with Crippen LogP contribution in [0.25, 0.3) is 0 Å². The molecular formula is C24H27F3N2O2. The summed E-state index contributed by atoms with van der Waals surface area (Å²) in [5.74, 6) is -0.655. The first-order valence-corrected chi connectivity index (χ1v) is 10.6. The summed E-state index contributed by atoms with van der Waals surface area (Å²) in [6, 6.07) is 15.9. The SMILES string of the molecule is CCCCCc1ccc([C@]2(O)CC(C(F)(F)F)=NN2C(=O)CCc2ccccc2)cc1. The van der Waals surface area contributed by atoms with Crippen LogP contribution in [0, 0.1) is 0 Å². The number of alkyl halides is 3. The van der Waals surface area contributed by atoms with Gasteiger partial charge in [0.2, 0.25) is 5.91 Å². The number of carbonyl (C=O) groups is 1. The van der Waals surface area contributed by atoms with Crippen molar-refractivity contribution < 1.29 is 23.1 Å². The molecule has 2 aromatic rings. The molecule has 1 aliphatic heterocycles. The molecule has 2 aromatic carbocycles. The highest BCUT2D eigenvalue weighted by molar-refractivity contribution is 5.94. The molecule has 1 atom stereocenters. The van der Waals surface area contributed by atoms with E-state index in [2.05, 4.69) is 12.0 Å². The minimum absolute atomic E-state index is 0.0595. The number of benzene rings is 2. The molecule has 0 fully saturated rings.